The molecule has 0 aromatic heterocycles. The second-order valence-corrected chi connectivity index (χ2v) is 3.35. The van der Waals surface area contributed by atoms with Gasteiger partial charge in [-0.15, -0.1) is 0 Å². The van der Waals surface area contributed by atoms with E-state index in [0.29, 0.717) is 18.4 Å². The molecule has 0 aliphatic carbocycles. The number of hydrogen-bond acceptors (Lipinski definition) is 2. The fourth-order valence-electron chi connectivity index (χ4n) is 0.863. The highest BCUT2D eigenvalue weighted by Gasteiger charge is 1.97. The molecule has 0 heterocycles. The lowest BCUT2D eigenvalue weighted by Crippen LogP contribution is -1.95. The van der Waals surface area contributed by atoms with Gasteiger partial charge < -0.3 is 10.2 Å². The average molecular weight is 224 g/mol. The molecule has 0 saturated heterocycles. The number of rotatable bonds is 6. The van der Waals surface area contributed by atoms with Crippen LogP contribution in [0.2, 0.25) is 0 Å². The highest BCUT2D eigenvalue weighted by Crippen LogP contribution is 2.00. The first-order valence-electron chi connectivity index (χ1n) is 4.92. The van der Waals surface area contributed by atoms with Crippen molar-refractivity contribution in [1.82, 2.24) is 0 Å². The molecule has 4 heteroatoms. The Bertz CT molecular complexity index is 348. The molecular weight excluding hydrogens is 208 g/mol. The summed E-state index contributed by atoms with van der Waals surface area (Å²) in [6, 6.07) is 0. The molecule has 16 heavy (non-hydrogen) atoms. The third-order valence-corrected chi connectivity index (χ3v) is 1.94. The molecule has 0 spiro atoms. The summed E-state index contributed by atoms with van der Waals surface area (Å²) in [5.41, 5.74) is 0.596. The second-order valence-electron chi connectivity index (χ2n) is 3.35. The van der Waals surface area contributed by atoms with Crippen molar-refractivity contribution in [3.05, 3.63) is 35.5 Å². The Morgan fingerprint density at radius 3 is 2.06 bits per heavy atom. The van der Waals surface area contributed by atoms with Gasteiger partial charge in [0.15, 0.2) is 0 Å². The van der Waals surface area contributed by atoms with Gasteiger partial charge in [-0.25, -0.2) is 9.59 Å². The van der Waals surface area contributed by atoms with Crippen LogP contribution in [-0.4, -0.2) is 22.2 Å². The molecular formula is C12H16O4. The number of unbranched alkanes of at least 4 members (excludes halogenated alkanes) is 1. The van der Waals surface area contributed by atoms with Gasteiger partial charge in [0.1, 0.15) is 0 Å². The molecule has 0 aliphatic heterocycles. The van der Waals surface area contributed by atoms with E-state index in [-0.39, 0.29) is 5.57 Å². The van der Waals surface area contributed by atoms with Crippen molar-refractivity contribution in [2.75, 3.05) is 0 Å². The largest absolute Gasteiger partial charge is 0.478 e. The summed E-state index contributed by atoms with van der Waals surface area (Å²) in [4.78, 5) is 20.8. The van der Waals surface area contributed by atoms with E-state index < -0.39 is 11.9 Å². The van der Waals surface area contributed by atoms with Crippen molar-refractivity contribution in [2.45, 2.75) is 26.7 Å². The molecule has 0 rings (SSSR count). The maximum absolute atomic E-state index is 10.4. The summed E-state index contributed by atoms with van der Waals surface area (Å²) in [6.07, 6.45) is 7.94. The van der Waals surface area contributed by atoms with E-state index in [9.17, 15) is 9.59 Å². The number of hydrogen-bond donors (Lipinski definition) is 2. The number of carboxylic acids is 2. The van der Waals surface area contributed by atoms with Crippen molar-refractivity contribution < 1.29 is 19.8 Å². The standard InChI is InChI=1S/C12H16O4/c1-9(11(13)14)7-5-3-4-6-8-10(2)12(15)16/h3,5,7-8H,4,6H2,1-2H3,(H,13,14)(H,15,16)/b5-3+,9-7+,10-8+. The van der Waals surface area contributed by atoms with E-state index in [1.165, 1.54) is 13.0 Å². The summed E-state index contributed by atoms with van der Waals surface area (Å²) in [7, 11) is 0. The SMILES string of the molecule is C/C(=C\C=C\CC/C=C(\C)C(=O)O)C(=O)O. The van der Waals surface area contributed by atoms with Crippen LogP contribution < -0.4 is 0 Å². The van der Waals surface area contributed by atoms with E-state index >= 15 is 0 Å². The summed E-state index contributed by atoms with van der Waals surface area (Å²) in [5, 5.41) is 17.1. The van der Waals surface area contributed by atoms with Crippen LogP contribution in [0.15, 0.2) is 35.5 Å². The lowest BCUT2D eigenvalue weighted by atomic mass is 10.2. The summed E-state index contributed by atoms with van der Waals surface area (Å²) in [6.45, 7) is 3.06. The molecule has 0 fully saturated rings. The zero-order valence-electron chi connectivity index (χ0n) is 9.43. The predicted octanol–water partition coefficient (Wildman–Crippen LogP) is 2.38. The Morgan fingerprint density at radius 1 is 1.00 bits per heavy atom. The van der Waals surface area contributed by atoms with Crippen LogP contribution >= 0.6 is 0 Å². The molecule has 0 aliphatic rings. The Hall–Kier alpha value is -1.84. The van der Waals surface area contributed by atoms with Crippen LogP contribution in [0.25, 0.3) is 0 Å². The minimum absolute atomic E-state index is 0.272. The van der Waals surface area contributed by atoms with Crippen molar-refractivity contribution in [1.29, 1.82) is 0 Å². The Balaban J connectivity index is 3.97. The highest BCUT2D eigenvalue weighted by atomic mass is 16.4. The van der Waals surface area contributed by atoms with E-state index in [0.717, 1.165) is 0 Å². The van der Waals surface area contributed by atoms with Crippen LogP contribution in [0.4, 0.5) is 0 Å². The van der Waals surface area contributed by atoms with Gasteiger partial charge in [-0.1, -0.05) is 24.3 Å². The van der Waals surface area contributed by atoms with Crippen LogP contribution in [0.3, 0.4) is 0 Å². The van der Waals surface area contributed by atoms with Crippen molar-refractivity contribution >= 4 is 11.9 Å². The van der Waals surface area contributed by atoms with Crippen molar-refractivity contribution in [3.63, 3.8) is 0 Å². The molecule has 0 aromatic rings. The van der Waals surface area contributed by atoms with Gasteiger partial charge in [0.2, 0.25) is 0 Å². The zero-order valence-corrected chi connectivity index (χ0v) is 9.43. The van der Waals surface area contributed by atoms with Gasteiger partial charge in [-0.3, -0.25) is 0 Å². The first kappa shape index (κ1) is 14.2. The third-order valence-electron chi connectivity index (χ3n) is 1.94. The number of carboxylic acid groups (broad SMARTS) is 2. The molecule has 0 bridgehead atoms. The Morgan fingerprint density at radius 2 is 1.56 bits per heavy atom. The van der Waals surface area contributed by atoms with Gasteiger partial charge in [0, 0.05) is 11.1 Å². The molecule has 0 radical (unpaired) electrons. The minimum Gasteiger partial charge on any atom is -0.478 e. The Kier molecular flexibility index (Phi) is 6.59. The summed E-state index contributed by atoms with van der Waals surface area (Å²) >= 11 is 0. The van der Waals surface area contributed by atoms with Crippen LogP contribution in [0, 0.1) is 0 Å². The summed E-state index contributed by atoms with van der Waals surface area (Å²) < 4.78 is 0. The van der Waals surface area contributed by atoms with Gasteiger partial charge in [-0.2, -0.15) is 0 Å². The number of carbonyl (C=O) groups is 2. The van der Waals surface area contributed by atoms with Gasteiger partial charge >= 0.3 is 11.9 Å². The van der Waals surface area contributed by atoms with Crippen LogP contribution in [0.5, 0.6) is 0 Å². The fraction of sp³-hybridized carbons (Fsp3) is 0.333. The number of allylic oxidation sites excluding steroid dienone is 4. The van der Waals surface area contributed by atoms with Crippen molar-refractivity contribution in [3.8, 4) is 0 Å². The van der Waals surface area contributed by atoms with Crippen LogP contribution in [0.1, 0.15) is 26.7 Å². The lowest BCUT2D eigenvalue weighted by Gasteiger charge is -1.91. The van der Waals surface area contributed by atoms with E-state index in [1.807, 2.05) is 0 Å². The van der Waals surface area contributed by atoms with Gasteiger partial charge in [0.25, 0.3) is 0 Å². The van der Waals surface area contributed by atoms with E-state index in [2.05, 4.69) is 0 Å². The highest BCUT2D eigenvalue weighted by molar-refractivity contribution is 5.86. The smallest absolute Gasteiger partial charge is 0.331 e. The molecule has 0 amide bonds. The molecule has 0 atom stereocenters. The first-order valence-corrected chi connectivity index (χ1v) is 4.92. The van der Waals surface area contributed by atoms with Crippen LogP contribution in [-0.2, 0) is 9.59 Å². The monoisotopic (exact) mass is 224 g/mol. The quantitative estimate of drug-likeness (QED) is 0.412. The molecule has 0 aromatic carbocycles. The Labute approximate surface area is 94.6 Å². The first-order chi connectivity index (χ1) is 7.45. The van der Waals surface area contributed by atoms with E-state index in [1.54, 1.807) is 25.2 Å². The maximum atomic E-state index is 10.4. The number of aliphatic carboxylic acids is 2. The molecule has 4 nitrogen and oxygen atoms in total. The second kappa shape index (κ2) is 7.45. The molecule has 0 saturated carbocycles. The van der Waals surface area contributed by atoms with E-state index in [4.69, 9.17) is 10.2 Å². The third kappa shape index (κ3) is 6.59. The van der Waals surface area contributed by atoms with Gasteiger partial charge in [-0.05, 0) is 26.7 Å². The molecule has 0 unspecified atom stereocenters. The molecule has 88 valence electrons. The average Bonchev–Trinajstić information content (AvgIpc) is 2.21. The topological polar surface area (TPSA) is 74.6 Å². The summed E-state index contributed by atoms with van der Waals surface area (Å²) in [5.74, 6) is -1.85. The minimum atomic E-state index is -0.939. The fourth-order valence-corrected chi connectivity index (χ4v) is 0.863. The maximum Gasteiger partial charge on any atom is 0.331 e. The molecule has 2 N–H and O–H groups in total. The van der Waals surface area contributed by atoms with Crippen molar-refractivity contribution in [2.24, 2.45) is 0 Å². The van der Waals surface area contributed by atoms with Gasteiger partial charge in [0.05, 0.1) is 0 Å². The predicted molar refractivity (Wildman–Crippen MR) is 61.2 cm³/mol. The lowest BCUT2D eigenvalue weighted by molar-refractivity contribution is -0.133. The zero-order chi connectivity index (χ0) is 12.6. The normalized spacial score (nSPS) is 13.1.